The summed E-state index contributed by atoms with van der Waals surface area (Å²) in [6.45, 7) is 6.51. The number of sulfone groups is 1. The van der Waals surface area contributed by atoms with Crippen molar-refractivity contribution >= 4 is 22.0 Å². The summed E-state index contributed by atoms with van der Waals surface area (Å²) in [5.41, 5.74) is -0.330. The smallest absolute Gasteiger partial charge is 0.410 e. The van der Waals surface area contributed by atoms with Crippen LogP contribution in [0.15, 0.2) is 59.5 Å². The third-order valence-corrected chi connectivity index (χ3v) is 8.59. The standard InChI is InChI=1S/C31H42N2O9S/c1-30(2,3)42-29(36)33(19-25(34)22-39-26-11-8-12-27(17-26)43(4,37)38)24-18-31(41-21-24)13-15-32(16-14-31)28(35)40-20-23-9-6-5-7-10-23/h5-12,17,24-25,34H,13-16,18-22H2,1-4H3/t24-,25-/m0/s1. The monoisotopic (exact) mass is 618 g/mol. The molecule has 0 bridgehead atoms. The Labute approximate surface area is 253 Å². The average molecular weight is 619 g/mol. The first-order valence-corrected chi connectivity index (χ1v) is 16.3. The van der Waals surface area contributed by atoms with Gasteiger partial charge in [0.05, 0.1) is 29.7 Å². The van der Waals surface area contributed by atoms with Gasteiger partial charge in [0.25, 0.3) is 0 Å². The van der Waals surface area contributed by atoms with Crippen LogP contribution in [0.25, 0.3) is 0 Å². The fourth-order valence-electron chi connectivity index (χ4n) is 5.24. The molecule has 2 aromatic carbocycles. The van der Waals surface area contributed by atoms with Crippen LogP contribution >= 0.6 is 0 Å². The summed E-state index contributed by atoms with van der Waals surface area (Å²) in [4.78, 5) is 29.2. The number of aliphatic hydroxyl groups is 1. The molecule has 2 saturated heterocycles. The first-order chi connectivity index (χ1) is 20.2. The normalized spacial score (nSPS) is 19.1. The molecule has 2 aliphatic heterocycles. The van der Waals surface area contributed by atoms with Crippen LogP contribution in [0.3, 0.4) is 0 Å². The summed E-state index contributed by atoms with van der Waals surface area (Å²) in [5.74, 6) is 0.294. The van der Waals surface area contributed by atoms with Gasteiger partial charge in [-0.05, 0) is 63.8 Å². The van der Waals surface area contributed by atoms with E-state index in [2.05, 4.69) is 0 Å². The summed E-state index contributed by atoms with van der Waals surface area (Å²) < 4.78 is 46.8. The van der Waals surface area contributed by atoms with Gasteiger partial charge in [-0.1, -0.05) is 36.4 Å². The second-order valence-corrected chi connectivity index (χ2v) is 14.2. The van der Waals surface area contributed by atoms with E-state index in [4.69, 9.17) is 18.9 Å². The molecule has 43 heavy (non-hydrogen) atoms. The summed E-state index contributed by atoms with van der Waals surface area (Å²) in [6.07, 6.45) is 0.808. The molecule has 2 aliphatic rings. The van der Waals surface area contributed by atoms with E-state index in [1.54, 1.807) is 37.8 Å². The van der Waals surface area contributed by atoms with E-state index >= 15 is 0 Å². The molecule has 11 nitrogen and oxygen atoms in total. The second-order valence-electron chi connectivity index (χ2n) is 12.2. The Bertz CT molecular complexity index is 1350. The van der Waals surface area contributed by atoms with Crippen molar-refractivity contribution < 1.29 is 42.1 Å². The number of amides is 2. The Kier molecular flexibility index (Phi) is 10.2. The molecule has 4 rings (SSSR count). The Morgan fingerprint density at radius 2 is 1.81 bits per heavy atom. The van der Waals surface area contributed by atoms with Crippen molar-refractivity contribution in [3.8, 4) is 5.75 Å². The Morgan fingerprint density at radius 1 is 1.12 bits per heavy atom. The Balaban J connectivity index is 1.34. The fraction of sp³-hybridized carbons (Fsp3) is 0.548. The number of benzene rings is 2. The number of carbonyl (C=O) groups excluding carboxylic acids is 2. The van der Waals surface area contributed by atoms with Gasteiger partial charge in [0.1, 0.15) is 30.7 Å². The zero-order valence-electron chi connectivity index (χ0n) is 25.2. The lowest BCUT2D eigenvalue weighted by atomic mass is 9.87. The molecule has 2 amide bonds. The Morgan fingerprint density at radius 3 is 2.47 bits per heavy atom. The molecule has 1 spiro atoms. The van der Waals surface area contributed by atoms with Gasteiger partial charge < -0.3 is 33.9 Å². The number of carbonyl (C=O) groups is 2. The number of nitrogens with zero attached hydrogens (tertiary/aromatic N) is 2. The number of likely N-dealkylation sites (tertiary alicyclic amines) is 1. The van der Waals surface area contributed by atoms with Crippen LogP contribution in [0, 0.1) is 0 Å². The highest BCUT2D eigenvalue weighted by Gasteiger charge is 2.47. The highest BCUT2D eigenvalue weighted by molar-refractivity contribution is 7.90. The lowest BCUT2D eigenvalue weighted by Crippen LogP contribution is -2.50. The molecule has 0 saturated carbocycles. The average Bonchev–Trinajstić information content (AvgIpc) is 3.36. The molecule has 2 aromatic rings. The van der Waals surface area contributed by atoms with E-state index in [1.807, 2.05) is 30.3 Å². The van der Waals surface area contributed by atoms with E-state index in [9.17, 15) is 23.1 Å². The van der Waals surface area contributed by atoms with Crippen molar-refractivity contribution in [3.63, 3.8) is 0 Å². The van der Waals surface area contributed by atoms with E-state index in [1.165, 1.54) is 17.0 Å². The first kappa shape index (κ1) is 32.6. The molecule has 2 atom stereocenters. The summed E-state index contributed by atoms with van der Waals surface area (Å²) in [5, 5.41) is 10.9. The van der Waals surface area contributed by atoms with Crippen molar-refractivity contribution in [1.82, 2.24) is 9.80 Å². The third-order valence-electron chi connectivity index (χ3n) is 7.48. The van der Waals surface area contributed by atoms with E-state index < -0.39 is 33.2 Å². The quantitative estimate of drug-likeness (QED) is 0.443. The van der Waals surface area contributed by atoms with Crippen molar-refractivity contribution in [2.75, 3.05) is 39.1 Å². The highest BCUT2D eigenvalue weighted by Crippen LogP contribution is 2.38. The van der Waals surface area contributed by atoms with Crippen LogP contribution in [0.1, 0.15) is 45.6 Å². The molecular weight excluding hydrogens is 576 g/mol. The summed E-state index contributed by atoms with van der Waals surface area (Å²) in [7, 11) is -3.41. The van der Waals surface area contributed by atoms with Crippen LogP contribution in [0.5, 0.6) is 5.75 Å². The SMILES string of the molecule is CC(C)(C)OC(=O)N(C[C@H](O)COc1cccc(S(C)(=O)=O)c1)[C@@H]1COC2(CCN(C(=O)OCc3ccccc3)CC2)C1. The molecule has 0 radical (unpaired) electrons. The van der Waals surface area contributed by atoms with Crippen molar-refractivity contribution in [2.45, 2.75) is 74.9 Å². The van der Waals surface area contributed by atoms with Gasteiger partial charge in [0.2, 0.25) is 0 Å². The van der Waals surface area contributed by atoms with Crippen LogP contribution < -0.4 is 4.74 Å². The number of hydrogen-bond donors (Lipinski definition) is 1. The van der Waals surface area contributed by atoms with E-state index in [-0.39, 0.29) is 43.4 Å². The van der Waals surface area contributed by atoms with E-state index in [0.29, 0.717) is 38.1 Å². The highest BCUT2D eigenvalue weighted by atomic mass is 32.2. The lowest BCUT2D eigenvalue weighted by molar-refractivity contribution is -0.0432. The maximum absolute atomic E-state index is 13.3. The number of hydrogen-bond acceptors (Lipinski definition) is 9. The van der Waals surface area contributed by atoms with Gasteiger partial charge in [-0.25, -0.2) is 18.0 Å². The van der Waals surface area contributed by atoms with Crippen LogP contribution in [-0.4, -0.2) is 98.0 Å². The molecule has 236 valence electrons. The minimum absolute atomic E-state index is 0.0667. The van der Waals surface area contributed by atoms with E-state index in [0.717, 1.165) is 11.8 Å². The zero-order valence-corrected chi connectivity index (χ0v) is 26.0. The molecule has 2 heterocycles. The van der Waals surface area contributed by atoms with Crippen LogP contribution in [0.4, 0.5) is 9.59 Å². The van der Waals surface area contributed by atoms with Crippen LogP contribution in [0.2, 0.25) is 0 Å². The molecule has 0 aromatic heterocycles. The second kappa shape index (κ2) is 13.5. The van der Waals surface area contributed by atoms with Gasteiger partial charge in [-0.2, -0.15) is 0 Å². The minimum Gasteiger partial charge on any atom is -0.491 e. The van der Waals surface area contributed by atoms with Gasteiger partial charge in [-0.15, -0.1) is 0 Å². The topological polar surface area (TPSA) is 132 Å². The third kappa shape index (κ3) is 9.32. The largest absolute Gasteiger partial charge is 0.491 e. The maximum atomic E-state index is 13.3. The van der Waals surface area contributed by atoms with Crippen LogP contribution in [-0.2, 0) is 30.7 Å². The molecule has 2 fully saturated rings. The maximum Gasteiger partial charge on any atom is 0.410 e. The summed E-state index contributed by atoms with van der Waals surface area (Å²) in [6, 6.07) is 15.2. The number of rotatable bonds is 9. The van der Waals surface area contributed by atoms with Gasteiger partial charge in [-0.3, -0.25) is 0 Å². The molecule has 0 unspecified atom stereocenters. The molecule has 0 aliphatic carbocycles. The Hall–Kier alpha value is -3.35. The fourth-order valence-corrected chi connectivity index (χ4v) is 5.89. The number of ether oxygens (including phenoxy) is 4. The number of piperidine rings is 1. The van der Waals surface area contributed by atoms with Crippen molar-refractivity contribution in [1.29, 1.82) is 0 Å². The lowest BCUT2D eigenvalue weighted by Gasteiger charge is -2.38. The molecule has 12 heteroatoms. The predicted molar refractivity (Wildman–Crippen MR) is 159 cm³/mol. The first-order valence-electron chi connectivity index (χ1n) is 14.4. The van der Waals surface area contributed by atoms with Crippen molar-refractivity contribution in [3.05, 3.63) is 60.2 Å². The van der Waals surface area contributed by atoms with Gasteiger partial charge >= 0.3 is 12.2 Å². The summed E-state index contributed by atoms with van der Waals surface area (Å²) >= 11 is 0. The predicted octanol–water partition coefficient (Wildman–Crippen LogP) is 4.03. The van der Waals surface area contributed by atoms with Gasteiger partial charge in [0.15, 0.2) is 9.84 Å². The number of aliphatic hydroxyl groups excluding tert-OH is 1. The van der Waals surface area contributed by atoms with Gasteiger partial charge in [0, 0.05) is 19.3 Å². The minimum atomic E-state index is -3.41. The molecular formula is C31H42N2O9S. The molecule has 1 N–H and O–H groups in total. The van der Waals surface area contributed by atoms with Crippen molar-refractivity contribution in [2.24, 2.45) is 0 Å². The zero-order chi connectivity index (χ0) is 31.3.